The van der Waals surface area contributed by atoms with E-state index in [0.717, 1.165) is 40.7 Å². The molecule has 2 N–H and O–H groups in total. The number of thiazole rings is 1. The third-order valence-corrected chi connectivity index (χ3v) is 5.47. The number of aryl methyl sites for hydroxylation is 2. The fraction of sp³-hybridized carbons (Fsp3) is 0.421. The maximum absolute atomic E-state index is 12.4. The molecule has 2 aromatic rings. The van der Waals surface area contributed by atoms with Gasteiger partial charge in [0.1, 0.15) is 0 Å². The van der Waals surface area contributed by atoms with Crippen LogP contribution in [0.2, 0.25) is 0 Å². The Morgan fingerprint density at radius 3 is 2.96 bits per heavy atom. The van der Waals surface area contributed by atoms with E-state index in [2.05, 4.69) is 20.5 Å². The fourth-order valence-electron chi connectivity index (χ4n) is 3.09. The van der Waals surface area contributed by atoms with E-state index < -0.39 is 0 Å². The number of rotatable bonds is 6. The van der Waals surface area contributed by atoms with Crippen LogP contribution in [0.5, 0.6) is 0 Å². The molecule has 26 heavy (non-hydrogen) atoms. The lowest BCUT2D eigenvalue weighted by Crippen LogP contribution is -2.48. The van der Waals surface area contributed by atoms with Crippen LogP contribution >= 0.6 is 11.3 Å². The lowest BCUT2D eigenvalue weighted by atomic mass is 10.1. The van der Waals surface area contributed by atoms with Crippen LogP contribution in [0.25, 0.3) is 10.4 Å². The fourth-order valence-corrected chi connectivity index (χ4v) is 4.01. The first kappa shape index (κ1) is 18.5. The highest BCUT2D eigenvalue weighted by Crippen LogP contribution is 2.30. The van der Waals surface area contributed by atoms with Gasteiger partial charge < -0.3 is 10.6 Å². The van der Waals surface area contributed by atoms with Crippen molar-refractivity contribution in [2.75, 3.05) is 32.7 Å². The Hall–Kier alpha value is -2.25. The highest BCUT2D eigenvalue weighted by atomic mass is 32.1. The SMILES string of the molecule is Cc1nc(C)c(-c2cccc(C(=O)NCCCN3CCNC(=O)C3)c2)s1. The summed E-state index contributed by atoms with van der Waals surface area (Å²) in [6.45, 7) is 7.41. The zero-order valence-electron chi connectivity index (χ0n) is 15.2. The van der Waals surface area contributed by atoms with Crippen LogP contribution in [0.3, 0.4) is 0 Å². The number of hydrogen-bond acceptors (Lipinski definition) is 5. The molecule has 0 bridgehead atoms. The topological polar surface area (TPSA) is 74.3 Å². The third kappa shape index (κ3) is 4.68. The summed E-state index contributed by atoms with van der Waals surface area (Å²) in [6, 6.07) is 7.67. The molecular weight excluding hydrogens is 348 g/mol. The largest absolute Gasteiger partial charge is 0.354 e. The van der Waals surface area contributed by atoms with Crippen LogP contribution < -0.4 is 10.6 Å². The Labute approximate surface area is 157 Å². The summed E-state index contributed by atoms with van der Waals surface area (Å²) in [6.07, 6.45) is 0.825. The second-order valence-corrected chi connectivity index (χ2v) is 7.67. The molecule has 1 aliphatic rings. The quantitative estimate of drug-likeness (QED) is 0.761. The maximum Gasteiger partial charge on any atom is 0.251 e. The van der Waals surface area contributed by atoms with Crippen LogP contribution in [0.15, 0.2) is 24.3 Å². The van der Waals surface area contributed by atoms with Gasteiger partial charge in [0, 0.05) is 31.7 Å². The van der Waals surface area contributed by atoms with Crippen molar-refractivity contribution in [1.82, 2.24) is 20.5 Å². The second-order valence-electron chi connectivity index (χ2n) is 6.46. The molecule has 3 rings (SSSR count). The average molecular weight is 372 g/mol. The summed E-state index contributed by atoms with van der Waals surface area (Å²) in [5.41, 5.74) is 2.68. The van der Waals surface area contributed by atoms with Crippen molar-refractivity contribution in [3.8, 4) is 10.4 Å². The van der Waals surface area contributed by atoms with Crippen LogP contribution in [-0.4, -0.2) is 54.4 Å². The van der Waals surface area contributed by atoms with Crippen molar-refractivity contribution in [2.45, 2.75) is 20.3 Å². The number of nitrogens with one attached hydrogen (secondary N) is 2. The smallest absolute Gasteiger partial charge is 0.251 e. The molecule has 0 atom stereocenters. The van der Waals surface area contributed by atoms with E-state index in [9.17, 15) is 9.59 Å². The van der Waals surface area contributed by atoms with Gasteiger partial charge in [-0.05, 0) is 38.0 Å². The molecule has 2 heterocycles. The van der Waals surface area contributed by atoms with Gasteiger partial charge in [0.05, 0.1) is 22.1 Å². The monoisotopic (exact) mass is 372 g/mol. The maximum atomic E-state index is 12.4. The van der Waals surface area contributed by atoms with E-state index in [0.29, 0.717) is 25.2 Å². The lowest BCUT2D eigenvalue weighted by molar-refractivity contribution is -0.124. The molecule has 2 amide bonds. The Kier molecular flexibility index (Phi) is 6.00. The lowest BCUT2D eigenvalue weighted by Gasteiger charge is -2.26. The summed E-state index contributed by atoms with van der Waals surface area (Å²) >= 11 is 1.64. The minimum absolute atomic E-state index is 0.0675. The van der Waals surface area contributed by atoms with Crippen LogP contribution in [0.1, 0.15) is 27.5 Å². The molecule has 0 unspecified atom stereocenters. The molecule has 1 aromatic heterocycles. The van der Waals surface area contributed by atoms with Crippen molar-refractivity contribution in [3.05, 3.63) is 40.5 Å². The number of carbonyl (C=O) groups is 2. The van der Waals surface area contributed by atoms with Crippen molar-refractivity contribution < 1.29 is 9.59 Å². The highest BCUT2D eigenvalue weighted by molar-refractivity contribution is 7.15. The van der Waals surface area contributed by atoms with Crippen LogP contribution in [0, 0.1) is 13.8 Å². The number of aromatic nitrogens is 1. The molecule has 6 nitrogen and oxygen atoms in total. The number of hydrogen-bond donors (Lipinski definition) is 2. The highest BCUT2D eigenvalue weighted by Gasteiger charge is 2.15. The van der Waals surface area contributed by atoms with E-state index in [-0.39, 0.29) is 11.8 Å². The molecule has 1 aliphatic heterocycles. The molecule has 0 saturated carbocycles. The van der Waals surface area contributed by atoms with Gasteiger partial charge in [-0.3, -0.25) is 14.5 Å². The number of amides is 2. The predicted octanol–water partition coefficient (Wildman–Crippen LogP) is 1.98. The number of piperazine rings is 1. The van der Waals surface area contributed by atoms with Crippen molar-refractivity contribution in [2.24, 2.45) is 0 Å². The summed E-state index contributed by atoms with van der Waals surface area (Å²) in [4.78, 5) is 31.4. The van der Waals surface area contributed by atoms with E-state index in [1.165, 1.54) is 0 Å². The first-order valence-electron chi connectivity index (χ1n) is 8.84. The van der Waals surface area contributed by atoms with Gasteiger partial charge in [0.15, 0.2) is 0 Å². The molecular formula is C19H24N4O2S. The Bertz CT molecular complexity index is 803. The van der Waals surface area contributed by atoms with E-state index in [4.69, 9.17) is 0 Å². The summed E-state index contributed by atoms with van der Waals surface area (Å²) in [7, 11) is 0. The van der Waals surface area contributed by atoms with Gasteiger partial charge in [-0.25, -0.2) is 4.98 Å². The van der Waals surface area contributed by atoms with Crippen molar-refractivity contribution in [3.63, 3.8) is 0 Å². The first-order chi connectivity index (χ1) is 12.5. The van der Waals surface area contributed by atoms with E-state index in [1.54, 1.807) is 11.3 Å². The van der Waals surface area contributed by atoms with Crippen molar-refractivity contribution >= 4 is 23.2 Å². The number of benzene rings is 1. The van der Waals surface area contributed by atoms with Gasteiger partial charge in [-0.1, -0.05) is 12.1 Å². The van der Waals surface area contributed by atoms with Crippen LogP contribution in [-0.2, 0) is 4.79 Å². The van der Waals surface area contributed by atoms with Crippen molar-refractivity contribution in [1.29, 1.82) is 0 Å². The minimum atomic E-state index is -0.0675. The van der Waals surface area contributed by atoms with Crippen LogP contribution in [0.4, 0.5) is 0 Å². The average Bonchev–Trinajstić information content (AvgIpc) is 2.97. The predicted molar refractivity (Wildman–Crippen MR) is 103 cm³/mol. The van der Waals surface area contributed by atoms with Gasteiger partial charge >= 0.3 is 0 Å². The zero-order valence-corrected chi connectivity index (χ0v) is 16.0. The Morgan fingerprint density at radius 2 is 2.23 bits per heavy atom. The van der Waals surface area contributed by atoms with Gasteiger partial charge in [-0.15, -0.1) is 11.3 Å². The summed E-state index contributed by atoms with van der Waals surface area (Å²) in [5, 5.41) is 6.81. The minimum Gasteiger partial charge on any atom is -0.354 e. The Balaban J connectivity index is 1.52. The molecule has 138 valence electrons. The first-order valence-corrected chi connectivity index (χ1v) is 9.66. The molecule has 1 aromatic carbocycles. The Morgan fingerprint density at radius 1 is 1.38 bits per heavy atom. The zero-order chi connectivity index (χ0) is 18.5. The van der Waals surface area contributed by atoms with Gasteiger partial charge in [0.25, 0.3) is 5.91 Å². The van der Waals surface area contributed by atoms with Gasteiger partial charge in [0.2, 0.25) is 5.91 Å². The van der Waals surface area contributed by atoms with E-state index >= 15 is 0 Å². The molecule has 0 radical (unpaired) electrons. The molecule has 7 heteroatoms. The standard InChI is InChI=1S/C19H24N4O2S/c1-13-18(26-14(2)22-13)15-5-3-6-16(11-15)19(25)21-7-4-9-23-10-8-20-17(24)12-23/h3,5-6,11H,4,7-10,12H2,1-2H3,(H,20,24)(H,21,25). The molecule has 0 aliphatic carbocycles. The second kappa shape index (κ2) is 8.42. The van der Waals surface area contributed by atoms with Gasteiger partial charge in [-0.2, -0.15) is 0 Å². The third-order valence-electron chi connectivity index (χ3n) is 4.34. The number of nitrogens with zero attached hydrogens (tertiary/aromatic N) is 2. The number of carbonyl (C=O) groups excluding carboxylic acids is 2. The molecule has 1 fully saturated rings. The summed E-state index contributed by atoms with van der Waals surface area (Å²) in [5.74, 6) is 0.00725. The van der Waals surface area contributed by atoms with E-state index in [1.807, 2.05) is 38.1 Å². The molecule has 0 spiro atoms. The normalized spacial score (nSPS) is 14.9. The summed E-state index contributed by atoms with van der Waals surface area (Å²) < 4.78 is 0. The molecule has 1 saturated heterocycles.